The number of hydrogen-bond acceptors (Lipinski definition) is 10. The molecule has 0 spiro atoms. The van der Waals surface area contributed by atoms with Gasteiger partial charge in [0.1, 0.15) is 0 Å². The Balaban J connectivity index is -0.000000382. The second kappa shape index (κ2) is 23.3. The average molecular weight is 586 g/mol. The number of rotatable bonds is 6. The summed E-state index contributed by atoms with van der Waals surface area (Å²) in [4.78, 5) is 23.2. The first kappa shape index (κ1) is 37.1. The minimum atomic E-state index is -4.94. The molecule has 0 saturated carbocycles. The van der Waals surface area contributed by atoms with Gasteiger partial charge < -0.3 is 15.9 Å². The molecule has 0 bridgehead atoms. The molecule has 0 aromatic heterocycles. The van der Waals surface area contributed by atoms with Crippen LogP contribution in [0.2, 0.25) is 0 Å². The summed E-state index contributed by atoms with van der Waals surface area (Å²) >= 11 is 11.1. The Kier molecular flexibility index (Phi) is 25.4. The van der Waals surface area contributed by atoms with Crippen LogP contribution in [0.15, 0.2) is 70.3 Å². The van der Waals surface area contributed by atoms with Gasteiger partial charge >= 0.3 is 16.8 Å². The van der Waals surface area contributed by atoms with Crippen LogP contribution < -0.4 is 45.4 Å². The fraction of sp³-hybridized carbons (Fsp3) is 0.300. The number of halogens is 3. The van der Waals surface area contributed by atoms with Crippen LogP contribution in [0.3, 0.4) is 0 Å². The summed E-state index contributed by atoms with van der Waals surface area (Å²) < 4.78 is 34.0. The Morgan fingerprint density at radius 1 is 0.706 bits per heavy atom. The molecular formula is C20H24Cl3CoN2O8. The van der Waals surface area contributed by atoms with Crippen molar-refractivity contribution < 1.29 is 55.9 Å². The van der Waals surface area contributed by atoms with Gasteiger partial charge in [0.2, 0.25) is 0 Å². The van der Waals surface area contributed by atoms with E-state index in [1.165, 1.54) is 24.3 Å². The van der Waals surface area contributed by atoms with Crippen LogP contribution in [-0.4, -0.2) is 42.8 Å². The van der Waals surface area contributed by atoms with E-state index in [0.717, 1.165) is 19.6 Å². The molecule has 10 nitrogen and oxygen atoms in total. The van der Waals surface area contributed by atoms with Crippen molar-refractivity contribution in [2.24, 2.45) is 5.73 Å². The molecule has 2 aromatic carbocycles. The van der Waals surface area contributed by atoms with Gasteiger partial charge in [0, 0.05) is 37.9 Å². The van der Waals surface area contributed by atoms with E-state index in [-0.39, 0.29) is 16.8 Å². The molecular weight excluding hydrogens is 562 g/mol. The molecule has 0 amide bonds. The normalized spacial score (nSPS) is 9.65. The third kappa shape index (κ3) is 26.8. The van der Waals surface area contributed by atoms with E-state index < -0.39 is 32.6 Å². The van der Waals surface area contributed by atoms with Gasteiger partial charge in [-0.2, -0.15) is 0 Å². The van der Waals surface area contributed by atoms with Crippen LogP contribution in [0.5, 0.6) is 11.5 Å². The Hall–Kier alpha value is -1.48. The fourth-order valence-electron chi connectivity index (χ4n) is 1.79. The van der Waals surface area contributed by atoms with Gasteiger partial charge in [-0.1, -0.05) is 60.0 Å². The summed E-state index contributed by atoms with van der Waals surface area (Å²) in [6.07, 6.45) is 0. The Labute approximate surface area is 219 Å². The van der Waals surface area contributed by atoms with Gasteiger partial charge in [0.05, 0.1) is 0 Å². The molecule has 14 heteroatoms. The summed E-state index contributed by atoms with van der Waals surface area (Å²) in [5, 5.41) is 21.0. The van der Waals surface area contributed by atoms with Crippen LogP contribution in [0.4, 0.5) is 0 Å². The molecule has 0 unspecified atom stereocenters. The minimum Gasteiger partial charge on any atom is -0.870 e. The Morgan fingerprint density at radius 3 is 1.32 bits per heavy atom. The SMILES string of the molecule is NCCN(CCCl)CCCl.O=c1cccccc1[O-].O=c1cccccc1[O-].[Co+3].[O-][Cl+3]([O-])([O-])[O-]. The van der Waals surface area contributed by atoms with Gasteiger partial charge in [0.25, 0.3) is 0 Å². The van der Waals surface area contributed by atoms with Crippen molar-refractivity contribution >= 4 is 23.2 Å². The van der Waals surface area contributed by atoms with E-state index in [9.17, 15) is 19.8 Å². The predicted octanol–water partition coefficient (Wildman–Crippen LogP) is -3.79. The molecule has 0 aliphatic heterocycles. The van der Waals surface area contributed by atoms with Crippen LogP contribution in [-0.2, 0) is 16.8 Å². The standard InChI is InChI=1S/2C7H6O2.C6H14Cl2N2.ClHO4.Co/c2*8-6-4-2-1-3-5-7(6)9;7-1-4-10(5-2-8)6-3-9;2-1(3,4)5;/h2*1-5H,(H,8,9);1-6,9H2;(H,2,3,4,5);/q;;;;+3/p-3. The van der Waals surface area contributed by atoms with Crippen molar-refractivity contribution in [1.82, 2.24) is 4.90 Å². The van der Waals surface area contributed by atoms with Crippen molar-refractivity contribution in [2.45, 2.75) is 0 Å². The molecule has 0 fully saturated rings. The van der Waals surface area contributed by atoms with E-state index in [2.05, 4.69) is 4.90 Å². The first-order chi connectivity index (χ1) is 15.5. The molecule has 34 heavy (non-hydrogen) atoms. The number of nitrogens with zero attached hydrogens (tertiary/aromatic N) is 1. The van der Waals surface area contributed by atoms with E-state index in [4.69, 9.17) is 47.6 Å². The van der Waals surface area contributed by atoms with E-state index >= 15 is 0 Å². The van der Waals surface area contributed by atoms with Crippen molar-refractivity contribution in [3.05, 3.63) is 81.1 Å². The summed E-state index contributed by atoms with van der Waals surface area (Å²) in [6, 6.07) is 14.5. The van der Waals surface area contributed by atoms with Crippen molar-refractivity contribution in [1.29, 1.82) is 0 Å². The maximum atomic E-state index is 10.5. The topological polar surface area (TPSA) is 202 Å². The zero-order valence-electron chi connectivity index (χ0n) is 17.8. The first-order valence-corrected chi connectivity index (χ1v) is 11.5. The van der Waals surface area contributed by atoms with Gasteiger partial charge in [-0.05, 0) is 12.1 Å². The molecule has 2 aromatic rings. The largest absolute Gasteiger partial charge is 3.00 e. The minimum absolute atomic E-state index is 0. The number of nitrogens with two attached hydrogens (primary N) is 1. The van der Waals surface area contributed by atoms with E-state index in [1.54, 1.807) is 36.4 Å². The molecule has 0 aliphatic rings. The molecule has 0 atom stereocenters. The average Bonchev–Trinajstić information content (AvgIpc) is 3.02. The van der Waals surface area contributed by atoms with Crippen LogP contribution in [0.1, 0.15) is 0 Å². The van der Waals surface area contributed by atoms with Gasteiger partial charge in [-0.15, -0.1) is 33.4 Å². The molecule has 0 radical (unpaired) electrons. The molecule has 192 valence electrons. The second-order valence-corrected chi connectivity index (χ2v) is 7.18. The first-order valence-electron chi connectivity index (χ1n) is 9.15. The third-order valence-electron chi connectivity index (χ3n) is 3.17. The maximum absolute atomic E-state index is 10.5. The predicted molar refractivity (Wildman–Crippen MR) is 111 cm³/mol. The van der Waals surface area contributed by atoms with Crippen molar-refractivity contribution in [3.8, 4) is 11.5 Å². The van der Waals surface area contributed by atoms with Crippen molar-refractivity contribution in [3.63, 3.8) is 0 Å². The monoisotopic (exact) mass is 584 g/mol. The van der Waals surface area contributed by atoms with E-state index in [0.29, 0.717) is 18.3 Å². The third-order valence-corrected chi connectivity index (χ3v) is 3.51. The summed E-state index contributed by atoms with van der Waals surface area (Å²) in [5.41, 5.74) is 4.45. The Morgan fingerprint density at radius 2 is 1.03 bits per heavy atom. The molecule has 0 saturated heterocycles. The molecule has 0 heterocycles. The second-order valence-electron chi connectivity index (χ2n) is 5.66. The zero-order chi connectivity index (χ0) is 25.7. The Bertz CT molecular complexity index is 802. The van der Waals surface area contributed by atoms with Crippen molar-refractivity contribution in [2.75, 3.05) is 37.9 Å². The molecule has 0 aliphatic carbocycles. The summed E-state index contributed by atoms with van der Waals surface area (Å²) in [5.74, 6) is 0.383. The quantitative estimate of drug-likeness (QED) is 0.328. The summed E-state index contributed by atoms with van der Waals surface area (Å²) in [6.45, 7) is 3.32. The van der Waals surface area contributed by atoms with Gasteiger partial charge in [-0.25, -0.2) is 18.6 Å². The zero-order valence-corrected chi connectivity index (χ0v) is 21.1. The van der Waals surface area contributed by atoms with Crippen LogP contribution >= 0.6 is 23.2 Å². The number of alkyl halides is 2. The van der Waals surface area contributed by atoms with Gasteiger partial charge in [-0.3, -0.25) is 14.5 Å². The van der Waals surface area contributed by atoms with E-state index in [1.807, 2.05) is 0 Å². The molecule has 2 rings (SSSR count). The summed E-state index contributed by atoms with van der Waals surface area (Å²) in [7, 11) is -4.94. The maximum Gasteiger partial charge on any atom is 3.00 e. The van der Waals surface area contributed by atoms with Crippen LogP contribution in [0.25, 0.3) is 0 Å². The molecule has 2 N–H and O–H groups in total. The smallest absolute Gasteiger partial charge is 0.870 e. The van der Waals surface area contributed by atoms with Gasteiger partial charge in [0.15, 0.2) is 10.9 Å². The fourth-order valence-corrected chi connectivity index (χ4v) is 2.26. The number of hydrogen-bond donors (Lipinski definition) is 1. The van der Waals surface area contributed by atoms with Crippen LogP contribution in [0, 0.1) is 10.2 Å².